The van der Waals surface area contributed by atoms with Crippen LogP contribution in [0.25, 0.3) is 0 Å². The Kier molecular flexibility index (Phi) is 3.69. The van der Waals surface area contributed by atoms with Crippen molar-refractivity contribution >= 4 is 5.91 Å². The zero-order valence-electron chi connectivity index (χ0n) is 9.10. The predicted molar refractivity (Wildman–Crippen MR) is 57.8 cm³/mol. The van der Waals surface area contributed by atoms with Crippen LogP contribution in [0.15, 0.2) is 11.6 Å². The second-order valence-corrected chi connectivity index (χ2v) is 4.17. The first-order chi connectivity index (χ1) is 6.56. The molecule has 0 aromatic carbocycles. The third-order valence-corrected chi connectivity index (χ3v) is 2.82. The number of amides is 1. The third kappa shape index (κ3) is 2.84. The van der Waals surface area contributed by atoms with E-state index >= 15 is 0 Å². The normalized spacial score (nSPS) is 26.9. The lowest BCUT2D eigenvalue weighted by Gasteiger charge is -2.31. The summed E-state index contributed by atoms with van der Waals surface area (Å²) in [5, 5.41) is 2.87. The van der Waals surface area contributed by atoms with Gasteiger partial charge in [0.25, 0.3) is 0 Å². The molecule has 0 saturated heterocycles. The molecule has 1 amide bonds. The van der Waals surface area contributed by atoms with Gasteiger partial charge >= 0.3 is 0 Å². The summed E-state index contributed by atoms with van der Waals surface area (Å²) in [6, 6.07) is 0. The number of hydrogen-bond acceptors (Lipinski definition) is 2. The average molecular weight is 196 g/mol. The lowest BCUT2D eigenvalue weighted by molar-refractivity contribution is -0.120. The Morgan fingerprint density at radius 3 is 3.00 bits per heavy atom. The van der Waals surface area contributed by atoms with Gasteiger partial charge in [0.05, 0.1) is 0 Å². The van der Waals surface area contributed by atoms with Crippen molar-refractivity contribution in [2.24, 2.45) is 5.73 Å². The third-order valence-electron chi connectivity index (χ3n) is 2.82. The van der Waals surface area contributed by atoms with Gasteiger partial charge in [-0.3, -0.25) is 4.79 Å². The SMILES string of the molecule is CCC(=O)NCC1=CCCCC1(C)N. The van der Waals surface area contributed by atoms with E-state index in [-0.39, 0.29) is 11.4 Å². The van der Waals surface area contributed by atoms with E-state index in [1.54, 1.807) is 0 Å². The maximum Gasteiger partial charge on any atom is 0.219 e. The van der Waals surface area contributed by atoms with Gasteiger partial charge in [-0.05, 0) is 31.8 Å². The van der Waals surface area contributed by atoms with E-state index in [9.17, 15) is 4.79 Å². The van der Waals surface area contributed by atoms with Gasteiger partial charge in [-0.1, -0.05) is 13.0 Å². The Hall–Kier alpha value is -0.830. The lowest BCUT2D eigenvalue weighted by Crippen LogP contribution is -2.44. The quantitative estimate of drug-likeness (QED) is 0.669. The molecule has 1 aliphatic rings. The minimum absolute atomic E-state index is 0.0901. The Balaban J connectivity index is 2.50. The van der Waals surface area contributed by atoms with E-state index in [2.05, 4.69) is 11.4 Å². The molecule has 3 N–H and O–H groups in total. The Labute approximate surface area is 85.7 Å². The molecule has 3 heteroatoms. The predicted octanol–water partition coefficient (Wildman–Crippen LogP) is 1.34. The highest BCUT2D eigenvalue weighted by Crippen LogP contribution is 2.25. The van der Waals surface area contributed by atoms with E-state index in [0.29, 0.717) is 13.0 Å². The van der Waals surface area contributed by atoms with Crippen molar-refractivity contribution in [3.05, 3.63) is 11.6 Å². The fourth-order valence-electron chi connectivity index (χ4n) is 1.73. The summed E-state index contributed by atoms with van der Waals surface area (Å²) in [7, 11) is 0. The second-order valence-electron chi connectivity index (χ2n) is 4.17. The first kappa shape index (κ1) is 11.2. The summed E-state index contributed by atoms with van der Waals surface area (Å²) >= 11 is 0. The van der Waals surface area contributed by atoms with Gasteiger partial charge in [0, 0.05) is 18.5 Å². The molecular formula is C11H20N2O. The maximum atomic E-state index is 11.1. The van der Waals surface area contributed by atoms with Gasteiger partial charge < -0.3 is 11.1 Å². The molecule has 80 valence electrons. The monoisotopic (exact) mass is 196 g/mol. The minimum Gasteiger partial charge on any atom is -0.352 e. The fraction of sp³-hybridized carbons (Fsp3) is 0.727. The summed E-state index contributed by atoms with van der Waals surface area (Å²) in [6.45, 7) is 4.50. The molecule has 0 radical (unpaired) electrons. The molecule has 0 aliphatic heterocycles. The first-order valence-corrected chi connectivity index (χ1v) is 5.31. The smallest absolute Gasteiger partial charge is 0.219 e. The number of carbonyl (C=O) groups excluding carboxylic acids is 1. The number of hydrogen-bond donors (Lipinski definition) is 2. The van der Waals surface area contributed by atoms with Crippen molar-refractivity contribution in [3.63, 3.8) is 0 Å². The molecule has 0 spiro atoms. The number of allylic oxidation sites excluding steroid dienone is 1. The zero-order valence-corrected chi connectivity index (χ0v) is 9.10. The van der Waals surface area contributed by atoms with Crippen molar-refractivity contribution in [3.8, 4) is 0 Å². The van der Waals surface area contributed by atoms with Crippen LogP contribution in [0.3, 0.4) is 0 Å². The average Bonchev–Trinajstić information content (AvgIpc) is 2.15. The van der Waals surface area contributed by atoms with Crippen LogP contribution in [0.1, 0.15) is 39.5 Å². The molecule has 0 bridgehead atoms. The molecule has 0 heterocycles. The van der Waals surface area contributed by atoms with Crippen molar-refractivity contribution in [2.75, 3.05) is 6.54 Å². The second kappa shape index (κ2) is 4.60. The van der Waals surface area contributed by atoms with Crippen molar-refractivity contribution in [2.45, 2.75) is 45.1 Å². The van der Waals surface area contributed by atoms with Gasteiger partial charge in [0.1, 0.15) is 0 Å². The number of nitrogens with one attached hydrogen (secondary N) is 1. The van der Waals surface area contributed by atoms with Crippen LogP contribution in [-0.2, 0) is 4.79 Å². The van der Waals surface area contributed by atoms with Gasteiger partial charge in [-0.2, -0.15) is 0 Å². The van der Waals surface area contributed by atoms with Gasteiger partial charge in [-0.15, -0.1) is 0 Å². The molecule has 1 aliphatic carbocycles. The van der Waals surface area contributed by atoms with Crippen molar-refractivity contribution in [1.29, 1.82) is 0 Å². The summed E-state index contributed by atoms with van der Waals surface area (Å²) in [6.07, 6.45) is 5.96. The van der Waals surface area contributed by atoms with E-state index in [4.69, 9.17) is 5.73 Å². The Bertz CT molecular complexity index is 244. The van der Waals surface area contributed by atoms with E-state index in [1.165, 1.54) is 5.57 Å². The Morgan fingerprint density at radius 2 is 2.43 bits per heavy atom. The molecule has 14 heavy (non-hydrogen) atoms. The number of carbonyl (C=O) groups is 1. The molecule has 1 rings (SSSR count). The standard InChI is InChI=1S/C11H20N2O/c1-3-10(14)13-8-9-6-4-5-7-11(9,2)12/h6H,3-5,7-8,12H2,1-2H3,(H,13,14). The number of rotatable bonds is 3. The molecule has 0 aromatic heterocycles. The zero-order chi connectivity index (χ0) is 10.6. The van der Waals surface area contributed by atoms with Crippen LogP contribution in [0.2, 0.25) is 0 Å². The Morgan fingerprint density at radius 1 is 1.71 bits per heavy atom. The molecule has 0 fully saturated rings. The summed E-state index contributed by atoms with van der Waals surface area (Å²) in [5.74, 6) is 0.0901. The van der Waals surface area contributed by atoms with Crippen molar-refractivity contribution in [1.82, 2.24) is 5.32 Å². The van der Waals surface area contributed by atoms with Crippen LogP contribution >= 0.6 is 0 Å². The summed E-state index contributed by atoms with van der Waals surface area (Å²) in [5.41, 5.74) is 7.08. The molecule has 3 nitrogen and oxygen atoms in total. The summed E-state index contributed by atoms with van der Waals surface area (Å²) < 4.78 is 0. The van der Waals surface area contributed by atoms with Gasteiger partial charge in [0.2, 0.25) is 5.91 Å². The topological polar surface area (TPSA) is 55.1 Å². The molecular weight excluding hydrogens is 176 g/mol. The summed E-state index contributed by atoms with van der Waals surface area (Å²) in [4.78, 5) is 11.1. The highest BCUT2D eigenvalue weighted by atomic mass is 16.1. The van der Waals surface area contributed by atoms with Gasteiger partial charge in [-0.25, -0.2) is 0 Å². The highest BCUT2D eigenvalue weighted by Gasteiger charge is 2.25. The number of nitrogens with two attached hydrogens (primary N) is 1. The van der Waals surface area contributed by atoms with E-state index in [0.717, 1.165) is 19.3 Å². The van der Waals surface area contributed by atoms with Crippen molar-refractivity contribution < 1.29 is 4.79 Å². The molecule has 1 unspecified atom stereocenters. The van der Waals surface area contributed by atoms with Crippen LogP contribution in [0, 0.1) is 0 Å². The van der Waals surface area contributed by atoms with Crippen LogP contribution in [-0.4, -0.2) is 18.0 Å². The van der Waals surface area contributed by atoms with Gasteiger partial charge in [0.15, 0.2) is 0 Å². The maximum absolute atomic E-state index is 11.1. The fourth-order valence-corrected chi connectivity index (χ4v) is 1.73. The van der Waals surface area contributed by atoms with Crippen LogP contribution in [0.5, 0.6) is 0 Å². The lowest BCUT2D eigenvalue weighted by atomic mass is 9.82. The molecule has 0 aromatic rings. The highest BCUT2D eigenvalue weighted by molar-refractivity contribution is 5.75. The van der Waals surface area contributed by atoms with Crippen LogP contribution in [0.4, 0.5) is 0 Å². The first-order valence-electron chi connectivity index (χ1n) is 5.31. The van der Waals surface area contributed by atoms with Crippen LogP contribution < -0.4 is 11.1 Å². The van der Waals surface area contributed by atoms with E-state index < -0.39 is 0 Å². The largest absolute Gasteiger partial charge is 0.352 e. The molecule has 1 atom stereocenters. The minimum atomic E-state index is -0.223. The van der Waals surface area contributed by atoms with E-state index in [1.807, 2.05) is 13.8 Å². The molecule has 0 saturated carbocycles.